The van der Waals surface area contributed by atoms with Crippen molar-refractivity contribution >= 4 is 12.0 Å². The van der Waals surface area contributed by atoms with E-state index in [1.165, 1.54) is 0 Å². The summed E-state index contributed by atoms with van der Waals surface area (Å²) in [5.74, 6) is 0.599. The molecule has 1 N–H and O–H groups in total. The molecule has 0 spiro atoms. The Labute approximate surface area is 111 Å². The van der Waals surface area contributed by atoms with Gasteiger partial charge < -0.3 is 5.11 Å². The summed E-state index contributed by atoms with van der Waals surface area (Å²) in [7, 11) is 0. The first-order valence-electron chi connectivity index (χ1n) is 5.89. The van der Waals surface area contributed by atoms with Crippen LogP contribution in [0.2, 0.25) is 0 Å². The lowest BCUT2D eigenvalue weighted by Crippen LogP contribution is -2.00. The molecule has 0 amide bonds. The van der Waals surface area contributed by atoms with Gasteiger partial charge in [0.1, 0.15) is 11.6 Å². The first-order chi connectivity index (χ1) is 8.97. The second-order valence-corrected chi connectivity index (χ2v) is 4.33. The number of carbonyl (C=O) groups is 1. The van der Waals surface area contributed by atoms with Crippen molar-refractivity contribution in [3.63, 3.8) is 0 Å². The van der Waals surface area contributed by atoms with E-state index in [2.05, 4.69) is 10.1 Å². The molecule has 0 aliphatic rings. The molecule has 0 fully saturated rings. The Morgan fingerprint density at radius 2 is 2.05 bits per heavy atom. The number of hydrogen-bond donors (Lipinski definition) is 1. The zero-order chi connectivity index (χ0) is 14.0. The lowest BCUT2D eigenvalue weighted by Gasteiger charge is -2.06. The molecule has 0 bridgehead atoms. The molecule has 5 heteroatoms. The third-order valence-electron chi connectivity index (χ3n) is 2.78. The molecule has 1 aromatic heterocycles. The van der Waals surface area contributed by atoms with Crippen LogP contribution in [-0.2, 0) is 4.79 Å². The number of nitrogens with zero attached hydrogens (tertiary/aromatic N) is 3. The Morgan fingerprint density at radius 1 is 1.32 bits per heavy atom. The third kappa shape index (κ3) is 2.88. The molecule has 0 saturated carbocycles. The van der Waals surface area contributed by atoms with Crippen molar-refractivity contribution in [2.45, 2.75) is 20.8 Å². The average Bonchev–Trinajstić information content (AvgIpc) is 2.66. The number of aryl methyl sites for hydroxylation is 3. The van der Waals surface area contributed by atoms with E-state index in [9.17, 15) is 4.79 Å². The van der Waals surface area contributed by atoms with E-state index in [0.29, 0.717) is 0 Å². The van der Waals surface area contributed by atoms with E-state index in [0.717, 1.165) is 34.5 Å². The van der Waals surface area contributed by atoms with Gasteiger partial charge in [-0.2, -0.15) is 5.10 Å². The molecular formula is C14H15N3O2. The van der Waals surface area contributed by atoms with Crippen molar-refractivity contribution < 1.29 is 9.90 Å². The molecule has 2 aromatic rings. The Morgan fingerprint density at radius 3 is 2.58 bits per heavy atom. The molecule has 1 aromatic carbocycles. The second-order valence-electron chi connectivity index (χ2n) is 4.33. The Kier molecular flexibility index (Phi) is 3.46. The zero-order valence-electron chi connectivity index (χ0n) is 11.1. The maximum absolute atomic E-state index is 10.5. The maximum atomic E-state index is 10.5. The van der Waals surface area contributed by atoms with Crippen LogP contribution in [0.1, 0.15) is 22.8 Å². The number of benzene rings is 1. The van der Waals surface area contributed by atoms with Crippen LogP contribution in [-0.4, -0.2) is 25.8 Å². The molecule has 0 aliphatic heterocycles. The number of aromatic nitrogens is 3. The fraction of sp³-hybridized carbons (Fsp3) is 0.214. The first-order valence-corrected chi connectivity index (χ1v) is 5.89. The van der Waals surface area contributed by atoms with Crippen molar-refractivity contribution in [2.75, 3.05) is 0 Å². The number of carboxylic acid groups (broad SMARTS) is 1. The van der Waals surface area contributed by atoms with Crippen LogP contribution in [0.3, 0.4) is 0 Å². The van der Waals surface area contributed by atoms with E-state index in [-0.39, 0.29) is 0 Å². The van der Waals surface area contributed by atoms with E-state index >= 15 is 0 Å². The summed E-state index contributed by atoms with van der Waals surface area (Å²) in [5, 5.41) is 12.9. The Hall–Kier alpha value is -2.43. The normalized spacial score (nSPS) is 11.1. The Balaban J connectivity index is 2.39. The SMILES string of the molecule is Cc1nc(C)n(-c2ccc(C=CC(=O)O)c(C)c2)n1. The average molecular weight is 257 g/mol. The topological polar surface area (TPSA) is 68.0 Å². The molecule has 1 heterocycles. The lowest BCUT2D eigenvalue weighted by molar-refractivity contribution is -0.131. The molecule has 0 aliphatic carbocycles. The first kappa shape index (κ1) is 13.0. The highest BCUT2D eigenvalue weighted by Gasteiger charge is 2.06. The predicted octanol–water partition coefficient (Wildman–Crippen LogP) is 2.29. The monoisotopic (exact) mass is 257 g/mol. The molecule has 19 heavy (non-hydrogen) atoms. The van der Waals surface area contributed by atoms with Crippen LogP contribution >= 0.6 is 0 Å². The largest absolute Gasteiger partial charge is 0.478 e. The van der Waals surface area contributed by atoms with E-state index < -0.39 is 5.97 Å². The van der Waals surface area contributed by atoms with Gasteiger partial charge >= 0.3 is 5.97 Å². The summed E-state index contributed by atoms with van der Waals surface area (Å²) in [4.78, 5) is 14.8. The number of aliphatic carboxylic acids is 1. The van der Waals surface area contributed by atoms with Gasteiger partial charge in [-0.15, -0.1) is 0 Å². The second kappa shape index (κ2) is 5.06. The summed E-state index contributed by atoms with van der Waals surface area (Å²) < 4.78 is 1.77. The minimum absolute atomic E-state index is 0.727. The molecule has 0 radical (unpaired) electrons. The van der Waals surface area contributed by atoms with Crippen molar-refractivity contribution in [2.24, 2.45) is 0 Å². The van der Waals surface area contributed by atoms with Crippen LogP contribution in [0.5, 0.6) is 0 Å². The van der Waals surface area contributed by atoms with Gasteiger partial charge in [0.05, 0.1) is 5.69 Å². The Bertz CT molecular complexity index is 657. The quantitative estimate of drug-likeness (QED) is 0.856. The van der Waals surface area contributed by atoms with Crippen molar-refractivity contribution in [3.05, 3.63) is 47.1 Å². The lowest BCUT2D eigenvalue weighted by atomic mass is 10.1. The molecular weight excluding hydrogens is 242 g/mol. The van der Waals surface area contributed by atoms with Gasteiger partial charge in [-0.05, 0) is 50.1 Å². The highest BCUT2D eigenvalue weighted by molar-refractivity contribution is 5.85. The van der Waals surface area contributed by atoms with Gasteiger partial charge in [0.25, 0.3) is 0 Å². The third-order valence-corrected chi connectivity index (χ3v) is 2.78. The van der Waals surface area contributed by atoms with Gasteiger partial charge in [-0.25, -0.2) is 14.5 Å². The summed E-state index contributed by atoms with van der Waals surface area (Å²) in [6, 6.07) is 5.73. The molecule has 98 valence electrons. The standard InChI is InChI=1S/C14H15N3O2/c1-9-8-13(17-11(3)15-10(2)16-17)6-4-12(9)5-7-14(18)19/h4-8H,1-3H3,(H,18,19). The highest BCUT2D eigenvalue weighted by atomic mass is 16.4. The summed E-state index contributed by atoms with van der Waals surface area (Å²) in [5.41, 5.74) is 2.78. The van der Waals surface area contributed by atoms with E-state index in [4.69, 9.17) is 5.11 Å². The zero-order valence-corrected chi connectivity index (χ0v) is 11.1. The van der Waals surface area contributed by atoms with Crippen molar-refractivity contribution in [3.8, 4) is 5.69 Å². The van der Waals surface area contributed by atoms with E-state index in [1.807, 2.05) is 39.0 Å². The fourth-order valence-corrected chi connectivity index (χ4v) is 1.91. The molecule has 0 atom stereocenters. The molecule has 2 rings (SSSR count). The van der Waals surface area contributed by atoms with Gasteiger partial charge in [-0.1, -0.05) is 6.07 Å². The van der Waals surface area contributed by atoms with Gasteiger partial charge in [0.15, 0.2) is 0 Å². The van der Waals surface area contributed by atoms with Crippen molar-refractivity contribution in [1.82, 2.24) is 14.8 Å². The van der Waals surface area contributed by atoms with Gasteiger partial charge in [-0.3, -0.25) is 0 Å². The van der Waals surface area contributed by atoms with Crippen LogP contribution in [0.15, 0.2) is 24.3 Å². The predicted molar refractivity (Wildman–Crippen MR) is 72.2 cm³/mol. The van der Waals surface area contributed by atoms with Crippen LogP contribution in [0.25, 0.3) is 11.8 Å². The summed E-state index contributed by atoms with van der Waals surface area (Å²) >= 11 is 0. The smallest absolute Gasteiger partial charge is 0.328 e. The summed E-state index contributed by atoms with van der Waals surface area (Å²) in [6.45, 7) is 5.68. The minimum Gasteiger partial charge on any atom is -0.478 e. The number of rotatable bonds is 3. The minimum atomic E-state index is -0.953. The highest BCUT2D eigenvalue weighted by Crippen LogP contribution is 2.16. The number of carboxylic acids is 1. The van der Waals surface area contributed by atoms with Crippen LogP contribution in [0.4, 0.5) is 0 Å². The van der Waals surface area contributed by atoms with Gasteiger partial charge in [0.2, 0.25) is 0 Å². The molecule has 0 saturated heterocycles. The van der Waals surface area contributed by atoms with E-state index in [1.54, 1.807) is 10.8 Å². The van der Waals surface area contributed by atoms with Crippen LogP contribution < -0.4 is 0 Å². The number of hydrogen-bond acceptors (Lipinski definition) is 3. The van der Waals surface area contributed by atoms with Crippen LogP contribution in [0, 0.1) is 20.8 Å². The molecule has 0 unspecified atom stereocenters. The summed E-state index contributed by atoms with van der Waals surface area (Å²) in [6.07, 6.45) is 2.72. The van der Waals surface area contributed by atoms with Gasteiger partial charge in [0, 0.05) is 6.08 Å². The molecule has 5 nitrogen and oxygen atoms in total. The fourth-order valence-electron chi connectivity index (χ4n) is 1.91. The maximum Gasteiger partial charge on any atom is 0.328 e. The van der Waals surface area contributed by atoms with Crippen molar-refractivity contribution in [1.29, 1.82) is 0 Å².